The van der Waals surface area contributed by atoms with Crippen molar-refractivity contribution in [3.63, 3.8) is 0 Å². The lowest BCUT2D eigenvalue weighted by Gasteiger charge is -2.32. The highest BCUT2D eigenvalue weighted by molar-refractivity contribution is 7.87. The minimum Gasteiger partial charge on any atom is -0.396 e. The van der Waals surface area contributed by atoms with E-state index in [2.05, 4.69) is 4.72 Å². The van der Waals surface area contributed by atoms with Gasteiger partial charge in [0.15, 0.2) is 0 Å². The summed E-state index contributed by atoms with van der Waals surface area (Å²) in [6.45, 7) is 2.93. The van der Waals surface area contributed by atoms with E-state index >= 15 is 0 Å². The molecule has 1 aliphatic rings. The maximum atomic E-state index is 12.5. The second-order valence-corrected chi connectivity index (χ2v) is 7.25. The zero-order valence-electron chi connectivity index (χ0n) is 12.4. The normalized spacial score (nSPS) is 22.1. The largest absolute Gasteiger partial charge is 0.396 e. The van der Waals surface area contributed by atoms with Crippen molar-refractivity contribution >= 4 is 10.2 Å². The molecule has 118 valence electrons. The topological polar surface area (TPSA) is 69.6 Å². The third kappa shape index (κ3) is 4.26. The average molecular weight is 312 g/mol. The van der Waals surface area contributed by atoms with Gasteiger partial charge in [-0.15, -0.1) is 0 Å². The number of nitrogens with zero attached hydrogens (tertiary/aromatic N) is 1. The van der Waals surface area contributed by atoms with Gasteiger partial charge in [-0.05, 0) is 30.7 Å². The Labute approximate surface area is 127 Å². The molecule has 0 radical (unpaired) electrons. The molecule has 21 heavy (non-hydrogen) atoms. The van der Waals surface area contributed by atoms with E-state index in [1.165, 1.54) is 4.31 Å². The first-order valence-electron chi connectivity index (χ1n) is 7.50. The molecular weight excluding hydrogens is 288 g/mol. The quantitative estimate of drug-likeness (QED) is 0.839. The minimum atomic E-state index is -3.51. The van der Waals surface area contributed by atoms with Crippen molar-refractivity contribution in [3.05, 3.63) is 35.9 Å². The zero-order valence-corrected chi connectivity index (χ0v) is 13.2. The van der Waals surface area contributed by atoms with Crippen molar-refractivity contribution in [2.75, 3.05) is 19.7 Å². The SMILES string of the molecule is CCC(NS(=O)(=O)N1CCCC(CO)C1)c1ccccc1. The molecule has 1 heterocycles. The lowest BCUT2D eigenvalue weighted by molar-refractivity contribution is 0.164. The van der Waals surface area contributed by atoms with E-state index in [9.17, 15) is 13.5 Å². The summed E-state index contributed by atoms with van der Waals surface area (Å²) in [5.74, 6) is 0.0483. The number of benzene rings is 1. The van der Waals surface area contributed by atoms with Crippen LogP contribution in [-0.2, 0) is 10.2 Å². The summed E-state index contributed by atoms with van der Waals surface area (Å²) >= 11 is 0. The summed E-state index contributed by atoms with van der Waals surface area (Å²) in [7, 11) is -3.51. The maximum Gasteiger partial charge on any atom is 0.280 e. The van der Waals surface area contributed by atoms with E-state index in [-0.39, 0.29) is 18.6 Å². The van der Waals surface area contributed by atoms with Gasteiger partial charge in [0.25, 0.3) is 10.2 Å². The van der Waals surface area contributed by atoms with Gasteiger partial charge < -0.3 is 5.11 Å². The monoisotopic (exact) mass is 312 g/mol. The van der Waals surface area contributed by atoms with Gasteiger partial charge in [-0.1, -0.05) is 37.3 Å². The number of hydrogen-bond acceptors (Lipinski definition) is 3. The summed E-state index contributed by atoms with van der Waals surface area (Å²) in [6.07, 6.45) is 2.38. The first kappa shape index (κ1) is 16.4. The van der Waals surface area contributed by atoms with Crippen LogP contribution in [0.2, 0.25) is 0 Å². The van der Waals surface area contributed by atoms with Gasteiger partial charge in [0.2, 0.25) is 0 Å². The third-order valence-electron chi connectivity index (χ3n) is 3.98. The summed E-state index contributed by atoms with van der Waals surface area (Å²) in [6, 6.07) is 9.39. The molecule has 2 atom stereocenters. The Morgan fingerprint density at radius 1 is 1.38 bits per heavy atom. The van der Waals surface area contributed by atoms with Crippen molar-refractivity contribution in [2.45, 2.75) is 32.2 Å². The van der Waals surface area contributed by atoms with E-state index in [1.807, 2.05) is 37.3 Å². The van der Waals surface area contributed by atoms with Gasteiger partial charge in [0.1, 0.15) is 0 Å². The second-order valence-electron chi connectivity index (χ2n) is 5.54. The molecule has 2 rings (SSSR count). The number of hydrogen-bond donors (Lipinski definition) is 2. The standard InChI is InChI=1S/C15H24N2O3S/c1-2-15(14-8-4-3-5-9-14)16-21(19,20)17-10-6-7-13(11-17)12-18/h3-5,8-9,13,15-16,18H,2,6-7,10-12H2,1H3. The highest BCUT2D eigenvalue weighted by Gasteiger charge is 2.30. The van der Waals surface area contributed by atoms with Crippen LogP contribution >= 0.6 is 0 Å². The lowest BCUT2D eigenvalue weighted by atomic mass is 10.0. The number of aliphatic hydroxyl groups excluding tert-OH is 1. The van der Waals surface area contributed by atoms with E-state index in [0.717, 1.165) is 18.4 Å². The molecule has 1 fully saturated rings. The fourth-order valence-corrected chi connectivity index (χ4v) is 4.31. The Morgan fingerprint density at radius 3 is 2.71 bits per heavy atom. The fourth-order valence-electron chi connectivity index (χ4n) is 2.72. The summed E-state index contributed by atoms with van der Waals surface area (Å²) < 4.78 is 29.3. The predicted octanol–water partition coefficient (Wildman–Crippen LogP) is 1.68. The highest BCUT2D eigenvalue weighted by atomic mass is 32.2. The molecule has 6 heteroatoms. The zero-order chi connectivity index (χ0) is 15.3. The predicted molar refractivity (Wildman–Crippen MR) is 82.9 cm³/mol. The first-order valence-corrected chi connectivity index (χ1v) is 8.94. The summed E-state index contributed by atoms with van der Waals surface area (Å²) in [5, 5.41) is 9.24. The first-order chi connectivity index (χ1) is 10.1. The highest BCUT2D eigenvalue weighted by Crippen LogP contribution is 2.22. The van der Waals surface area contributed by atoms with Crippen LogP contribution in [0, 0.1) is 5.92 Å². The van der Waals surface area contributed by atoms with Crippen molar-refractivity contribution in [3.8, 4) is 0 Å². The molecule has 1 saturated heterocycles. The van der Waals surface area contributed by atoms with E-state index in [4.69, 9.17) is 0 Å². The average Bonchev–Trinajstić information content (AvgIpc) is 2.53. The van der Waals surface area contributed by atoms with Gasteiger partial charge in [-0.25, -0.2) is 0 Å². The third-order valence-corrected chi connectivity index (χ3v) is 5.58. The Bertz CT molecular complexity index is 533. The lowest BCUT2D eigenvalue weighted by Crippen LogP contribution is -2.47. The molecule has 0 aromatic heterocycles. The second kappa shape index (κ2) is 7.35. The van der Waals surface area contributed by atoms with Gasteiger partial charge in [-0.3, -0.25) is 0 Å². The Morgan fingerprint density at radius 2 is 2.10 bits per heavy atom. The molecule has 0 bridgehead atoms. The van der Waals surface area contributed by atoms with Crippen LogP contribution in [0.4, 0.5) is 0 Å². The molecule has 0 saturated carbocycles. The van der Waals surface area contributed by atoms with E-state index < -0.39 is 10.2 Å². The van der Waals surface area contributed by atoms with Crippen molar-refractivity contribution in [2.24, 2.45) is 5.92 Å². The molecule has 2 unspecified atom stereocenters. The van der Waals surface area contributed by atoms with Crippen LogP contribution in [0.5, 0.6) is 0 Å². The van der Waals surface area contributed by atoms with Crippen LogP contribution in [0.15, 0.2) is 30.3 Å². The van der Waals surface area contributed by atoms with Gasteiger partial charge in [-0.2, -0.15) is 17.4 Å². The van der Waals surface area contributed by atoms with E-state index in [1.54, 1.807) is 0 Å². The van der Waals surface area contributed by atoms with Gasteiger partial charge in [0.05, 0.1) is 0 Å². The van der Waals surface area contributed by atoms with Crippen molar-refractivity contribution < 1.29 is 13.5 Å². The minimum absolute atomic E-state index is 0.0436. The van der Waals surface area contributed by atoms with E-state index in [0.29, 0.717) is 19.5 Å². The summed E-state index contributed by atoms with van der Waals surface area (Å²) in [5.41, 5.74) is 0.972. The number of piperidine rings is 1. The van der Waals surface area contributed by atoms with Crippen LogP contribution in [-0.4, -0.2) is 37.5 Å². The molecule has 0 aliphatic carbocycles. The summed E-state index contributed by atoms with van der Waals surface area (Å²) in [4.78, 5) is 0. The molecule has 1 aromatic carbocycles. The molecular formula is C15H24N2O3S. The smallest absolute Gasteiger partial charge is 0.280 e. The maximum absolute atomic E-state index is 12.5. The van der Waals surface area contributed by atoms with Gasteiger partial charge >= 0.3 is 0 Å². The molecule has 1 aliphatic heterocycles. The van der Waals surface area contributed by atoms with Crippen LogP contribution in [0.25, 0.3) is 0 Å². The number of nitrogens with one attached hydrogen (secondary N) is 1. The number of aliphatic hydroxyl groups is 1. The van der Waals surface area contributed by atoms with Crippen molar-refractivity contribution in [1.29, 1.82) is 0 Å². The number of rotatable bonds is 6. The van der Waals surface area contributed by atoms with Crippen molar-refractivity contribution in [1.82, 2.24) is 9.03 Å². The Kier molecular flexibility index (Phi) is 5.75. The molecule has 0 amide bonds. The van der Waals surface area contributed by atoms with Crippen LogP contribution < -0.4 is 4.72 Å². The molecule has 0 spiro atoms. The molecule has 2 N–H and O–H groups in total. The van der Waals surface area contributed by atoms with Crippen LogP contribution in [0.1, 0.15) is 37.8 Å². The van der Waals surface area contributed by atoms with Crippen LogP contribution in [0.3, 0.4) is 0 Å². The molecule has 1 aromatic rings. The Hall–Kier alpha value is -0.950. The fraction of sp³-hybridized carbons (Fsp3) is 0.600. The van der Waals surface area contributed by atoms with Gasteiger partial charge in [0, 0.05) is 25.7 Å². The molecule has 5 nitrogen and oxygen atoms in total. The Balaban J connectivity index is 2.08.